The van der Waals surface area contributed by atoms with E-state index in [0.717, 1.165) is 12.1 Å². The molecule has 0 saturated heterocycles. The molecule has 2 rings (SSSR count). The molecule has 0 N–H and O–H groups in total. The first-order chi connectivity index (χ1) is 11.9. The maximum atomic E-state index is 13.5. The first-order valence-corrected chi connectivity index (χ1v) is 7.48. The zero-order valence-electron chi connectivity index (χ0n) is 13.0. The highest BCUT2D eigenvalue weighted by Gasteiger charge is 2.15. The Bertz CT molecular complexity index is 758. The third-order valence-electron chi connectivity index (χ3n) is 2.86. The van der Waals surface area contributed by atoms with Gasteiger partial charge in [0.15, 0.2) is 6.61 Å². The van der Waals surface area contributed by atoms with Crippen LogP contribution in [0, 0.1) is 5.82 Å². The average molecular weight is 376 g/mol. The highest BCUT2D eigenvalue weighted by Crippen LogP contribution is 2.31. The highest BCUT2D eigenvalue weighted by molar-refractivity contribution is 6.31. The molecule has 0 aliphatic rings. The number of rotatable bonds is 7. The number of halogens is 4. The number of hydrogen-bond acceptors (Lipinski definition) is 5. The fourth-order valence-corrected chi connectivity index (χ4v) is 2.00. The van der Waals surface area contributed by atoms with Gasteiger partial charge in [-0.2, -0.15) is 0 Å². The van der Waals surface area contributed by atoms with Gasteiger partial charge < -0.3 is 14.2 Å². The summed E-state index contributed by atoms with van der Waals surface area (Å²) >= 11 is 5.96. The van der Waals surface area contributed by atoms with Gasteiger partial charge in [-0.05, 0) is 19.1 Å². The molecule has 9 heteroatoms. The number of pyridine rings is 1. The summed E-state index contributed by atoms with van der Waals surface area (Å²) in [5.41, 5.74) is -0.716. The molecule has 0 aliphatic carbocycles. The van der Waals surface area contributed by atoms with Crippen molar-refractivity contribution in [3.8, 4) is 17.4 Å². The first kappa shape index (κ1) is 18.9. The monoisotopic (exact) mass is 375 g/mol. The molecule has 1 aromatic carbocycles. The summed E-state index contributed by atoms with van der Waals surface area (Å²) in [4.78, 5) is 15.1. The van der Waals surface area contributed by atoms with Gasteiger partial charge in [-0.1, -0.05) is 11.6 Å². The standard InChI is InChI=1S/C16H13ClF3NO4/c1-2-23-14(22)8-24-16-12(17)5-10(7-21-16)25-9-3-4-11(15(19)20)13(18)6-9/h3-7,15H,2,8H2,1H3. The van der Waals surface area contributed by atoms with Crippen molar-refractivity contribution in [2.45, 2.75) is 13.3 Å². The zero-order chi connectivity index (χ0) is 18.4. The molecule has 0 amide bonds. The van der Waals surface area contributed by atoms with Gasteiger partial charge in [0.05, 0.1) is 18.4 Å². The van der Waals surface area contributed by atoms with Crippen molar-refractivity contribution in [2.75, 3.05) is 13.2 Å². The second-order valence-corrected chi connectivity index (χ2v) is 5.04. The lowest BCUT2D eigenvalue weighted by Crippen LogP contribution is -2.15. The molecular weight excluding hydrogens is 363 g/mol. The van der Waals surface area contributed by atoms with Crippen molar-refractivity contribution >= 4 is 17.6 Å². The number of nitrogens with zero attached hydrogens (tertiary/aromatic N) is 1. The van der Waals surface area contributed by atoms with Crippen LogP contribution in [0.25, 0.3) is 0 Å². The minimum atomic E-state index is -2.92. The summed E-state index contributed by atoms with van der Waals surface area (Å²) in [7, 11) is 0. The Morgan fingerprint density at radius 3 is 2.64 bits per heavy atom. The molecule has 0 unspecified atom stereocenters. The topological polar surface area (TPSA) is 57.7 Å². The molecule has 134 valence electrons. The number of esters is 1. The van der Waals surface area contributed by atoms with Crippen LogP contribution in [-0.2, 0) is 9.53 Å². The number of benzene rings is 1. The van der Waals surface area contributed by atoms with Crippen molar-refractivity contribution in [3.63, 3.8) is 0 Å². The molecule has 1 heterocycles. The Balaban J connectivity index is 2.05. The molecule has 1 aromatic heterocycles. The van der Waals surface area contributed by atoms with E-state index in [1.807, 2.05) is 0 Å². The minimum Gasteiger partial charge on any atom is -0.465 e. The summed E-state index contributed by atoms with van der Waals surface area (Å²) in [5.74, 6) is -1.53. The maximum Gasteiger partial charge on any atom is 0.344 e. The molecule has 0 fully saturated rings. The second-order valence-electron chi connectivity index (χ2n) is 4.64. The van der Waals surface area contributed by atoms with Gasteiger partial charge in [0, 0.05) is 12.1 Å². The van der Waals surface area contributed by atoms with Crippen molar-refractivity contribution in [2.24, 2.45) is 0 Å². The van der Waals surface area contributed by atoms with Gasteiger partial charge in [0.2, 0.25) is 5.88 Å². The summed E-state index contributed by atoms with van der Waals surface area (Å²) < 4.78 is 53.6. The number of ether oxygens (including phenoxy) is 3. The van der Waals surface area contributed by atoms with E-state index in [1.165, 1.54) is 18.3 Å². The van der Waals surface area contributed by atoms with E-state index in [2.05, 4.69) is 4.98 Å². The SMILES string of the molecule is CCOC(=O)COc1ncc(Oc2ccc(C(F)F)c(F)c2)cc1Cl. The summed E-state index contributed by atoms with van der Waals surface area (Å²) in [6, 6.07) is 4.29. The van der Waals surface area contributed by atoms with Gasteiger partial charge in [0.25, 0.3) is 6.43 Å². The number of alkyl halides is 2. The van der Waals surface area contributed by atoms with Crippen molar-refractivity contribution in [1.82, 2.24) is 4.98 Å². The van der Waals surface area contributed by atoms with Crippen molar-refractivity contribution < 1.29 is 32.2 Å². The number of hydrogen-bond donors (Lipinski definition) is 0. The third-order valence-corrected chi connectivity index (χ3v) is 3.13. The molecule has 0 aliphatic heterocycles. The van der Waals surface area contributed by atoms with Crippen LogP contribution >= 0.6 is 11.6 Å². The Hall–Kier alpha value is -2.48. The quantitative estimate of drug-likeness (QED) is 0.665. The lowest BCUT2D eigenvalue weighted by molar-refractivity contribution is -0.145. The summed E-state index contributed by atoms with van der Waals surface area (Å²) in [6.45, 7) is 1.52. The van der Waals surface area contributed by atoms with E-state index in [1.54, 1.807) is 6.92 Å². The van der Waals surface area contributed by atoms with Gasteiger partial charge in [-0.25, -0.2) is 22.9 Å². The lowest BCUT2D eigenvalue weighted by atomic mass is 10.2. The zero-order valence-corrected chi connectivity index (χ0v) is 13.7. The van der Waals surface area contributed by atoms with Crippen LogP contribution < -0.4 is 9.47 Å². The van der Waals surface area contributed by atoms with E-state index in [0.29, 0.717) is 0 Å². The van der Waals surface area contributed by atoms with E-state index in [9.17, 15) is 18.0 Å². The van der Waals surface area contributed by atoms with Crippen LogP contribution in [-0.4, -0.2) is 24.2 Å². The Morgan fingerprint density at radius 1 is 1.28 bits per heavy atom. The van der Waals surface area contributed by atoms with Crippen LogP contribution in [0.3, 0.4) is 0 Å². The molecule has 0 spiro atoms. The largest absolute Gasteiger partial charge is 0.465 e. The highest BCUT2D eigenvalue weighted by atomic mass is 35.5. The Labute approximate surface area is 146 Å². The molecule has 0 atom stereocenters. The van der Waals surface area contributed by atoms with Gasteiger partial charge >= 0.3 is 5.97 Å². The minimum absolute atomic E-state index is 0.0000383. The predicted molar refractivity (Wildman–Crippen MR) is 82.8 cm³/mol. The third kappa shape index (κ3) is 5.25. The van der Waals surface area contributed by atoms with Crippen molar-refractivity contribution in [1.29, 1.82) is 0 Å². The maximum absolute atomic E-state index is 13.5. The normalized spacial score (nSPS) is 10.6. The van der Waals surface area contributed by atoms with E-state index in [-0.39, 0.29) is 35.6 Å². The van der Waals surface area contributed by atoms with Crippen LogP contribution in [0.2, 0.25) is 5.02 Å². The number of carbonyl (C=O) groups is 1. The van der Waals surface area contributed by atoms with Crippen LogP contribution in [0.5, 0.6) is 17.4 Å². The molecule has 25 heavy (non-hydrogen) atoms. The number of carbonyl (C=O) groups excluding carboxylic acids is 1. The molecule has 0 bridgehead atoms. The average Bonchev–Trinajstić information content (AvgIpc) is 2.54. The van der Waals surface area contributed by atoms with E-state index in [4.69, 9.17) is 25.8 Å². The van der Waals surface area contributed by atoms with Crippen LogP contribution in [0.15, 0.2) is 30.5 Å². The van der Waals surface area contributed by atoms with Crippen LogP contribution in [0.4, 0.5) is 13.2 Å². The van der Waals surface area contributed by atoms with E-state index < -0.39 is 23.8 Å². The van der Waals surface area contributed by atoms with Crippen molar-refractivity contribution in [3.05, 3.63) is 46.9 Å². The number of aromatic nitrogens is 1. The Kier molecular flexibility index (Phi) is 6.46. The van der Waals surface area contributed by atoms with Gasteiger partial charge in [-0.15, -0.1) is 0 Å². The Morgan fingerprint density at radius 2 is 2.04 bits per heavy atom. The smallest absolute Gasteiger partial charge is 0.344 e. The summed E-state index contributed by atoms with van der Waals surface area (Å²) in [6.07, 6.45) is -1.69. The van der Waals surface area contributed by atoms with Gasteiger partial charge in [0.1, 0.15) is 22.3 Å². The molecule has 5 nitrogen and oxygen atoms in total. The molecule has 0 radical (unpaired) electrons. The lowest BCUT2D eigenvalue weighted by Gasteiger charge is -2.10. The summed E-state index contributed by atoms with van der Waals surface area (Å²) in [5, 5.41) is 0.0477. The fraction of sp³-hybridized carbons (Fsp3) is 0.250. The fourth-order valence-electron chi connectivity index (χ4n) is 1.78. The second kappa shape index (κ2) is 8.57. The predicted octanol–water partition coefficient (Wildman–Crippen LogP) is 4.55. The molecule has 2 aromatic rings. The molecule has 0 saturated carbocycles. The van der Waals surface area contributed by atoms with Gasteiger partial charge in [-0.3, -0.25) is 0 Å². The molecular formula is C16H13ClF3NO4. The van der Waals surface area contributed by atoms with E-state index >= 15 is 0 Å². The first-order valence-electron chi connectivity index (χ1n) is 7.10. The van der Waals surface area contributed by atoms with Crippen LogP contribution in [0.1, 0.15) is 18.9 Å².